The second-order valence-electron chi connectivity index (χ2n) is 4.56. The molecule has 0 radical (unpaired) electrons. The van der Waals surface area contributed by atoms with E-state index in [9.17, 15) is 0 Å². The third-order valence-electron chi connectivity index (χ3n) is 1.84. The van der Waals surface area contributed by atoms with Crippen LogP contribution in [-0.4, -0.2) is 24.2 Å². The van der Waals surface area contributed by atoms with Gasteiger partial charge in [0.25, 0.3) is 0 Å². The van der Waals surface area contributed by atoms with E-state index in [-0.39, 0.29) is 0 Å². The summed E-state index contributed by atoms with van der Waals surface area (Å²) in [7, 11) is -0.942. The largest absolute Gasteiger partial charge is 0.361 e. The van der Waals surface area contributed by atoms with E-state index in [0.29, 0.717) is 6.73 Å². The predicted molar refractivity (Wildman–Crippen MR) is 69.0 cm³/mol. The lowest BCUT2D eigenvalue weighted by molar-refractivity contribution is 0.0871. The van der Waals surface area contributed by atoms with E-state index in [1.54, 1.807) is 6.33 Å². The van der Waals surface area contributed by atoms with Crippen LogP contribution in [0.25, 0.3) is 0 Å². The first-order chi connectivity index (χ1) is 6.47. The van der Waals surface area contributed by atoms with Crippen LogP contribution >= 0.6 is 22.6 Å². The highest BCUT2D eigenvalue weighted by Gasteiger charge is 2.11. The molecule has 0 aromatic carbocycles. The van der Waals surface area contributed by atoms with Gasteiger partial charge in [0.1, 0.15) is 10.4 Å². The molecule has 1 rings (SSSR count). The number of hydrogen-bond donors (Lipinski definition) is 0. The molecule has 0 aliphatic heterocycles. The molecule has 0 saturated carbocycles. The van der Waals surface area contributed by atoms with Crippen molar-refractivity contribution in [3.05, 3.63) is 16.2 Å². The molecule has 0 amide bonds. The lowest BCUT2D eigenvalue weighted by atomic mass is 10.8. The van der Waals surface area contributed by atoms with E-state index in [4.69, 9.17) is 4.74 Å². The quantitative estimate of drug-likeness (QED) is 0.473. The van der Waals surface area contributed by atoms with Crippen LogP contribution in [0.4, 0.5) is 0 Å². The molecule has 5 heteroatoms. The maximum atomic E-state index is 5.56. The van der Waals surface area contributed by atoms with Crippen molar-refractivity contribution in [3.63, 3.8) is 0 Å². The summed E-state index contributed by atoms with van der Waals surface area (Å²) in [6.45, 7) is 8.56. The molecule has 1 heterocycles. The van der Waals surface area contributed by atoms with E-state index in [1.165, 1.54) is 6.04 Å². The lowest BCUT2D eigenvalue weighted by Crippen LogP contribution is -2.21. The Morgan fingerprint density at radius 1 is 1.50 bits per heavy atom. The second-order valence-corrected chi connectivity index (χ2v) is 11.3. The maximum Gasteiger partial charge on any atom is 0.123 e. The maximum absolute atomic E-state index is 5.56. The van der Waals surface area contributed by atoms with E-state index >= 15 is 0 Å². The van der Waals surface area contributed by atoms with Crippen molar-refractivity contribution < 1.29 is 4.74 Å². The molecule has 0 fully saturated rings. The van der Waals surface area contributed by atoms with Crippen LogP contribution in [0.2, 0.25) is 25.7 Å². The van der Waals surface area contributed by atoms with Gasteiger partial charge >= 0.3 is 0 Å². The highest BCUT2D eigenvalue weighted by molar-refractivity contribution is 14.1. The Hall–Kier alpha value is 0.117. The number of ether oxygens (including phenoxy) is 1. The molecule has 0 saturated heterocycles. The zero-order valence-corrected chi connectivity index (χ0v) is 12.1. The van der Waals surface area contributed by atoms with Crippen LogP contribution < -0.4 is 0 Å². The van der Waals surface area contributed by atoms with Crippen molar-refractivity contribution in [2.45, 2.75) is 32.4 Å². The van der Waals surface area contributed by atoms with Gasteiger partial charge in [0.2, 0.25) is 0 Å². The third-order valence-corrected chi connectivity index (χ3v) is 4.10. The fraction of sp³-hybridized carbons (Fsp3) is 0.667. The van der Waals surface area contributed by atoms with Gasteiger partial charge in [-0.05, 0) is 28.6 Å². The smallest absolute Gasteiger partial charge is 0.123 e. The van der Waals surface area contributed by atoms with Crippen molar-refractivity contribution in [2.24, 2.45) is 0 Å². The minimum Gasteiger partial charge on any atom is -0.361 e. The van der Waals surface area contributed by atoms with Gasteiger partial charge in [0.05, 0.1) is 6.33 Å². The molecule has 0 aliphatic carbocycles. The average molecular weight is 324 g/mol. The first-order valence-corrected chi connectivity index (χ1v) is 9.51. The average Bonchev–Trinajstić information content (AvgIpc) is 2.44. The first kappa shape index (κ1) is 12.2. The molecule has 0 spiro atoms. The minimum atomic E-state index is -0.942. The highest BCUT2D eigenvalue weighted by atomic mass is 127. The van der Waals surface area contributed by atoms with Crippen molar-refractivity contribution in [2.75, 3.05) is 6.61 Å². The molecular formula is C9H17IN2OSi. The number of nitrogens with zero attached hydrogens (tertiary/aromatic N) is 2. The Labute approximate surface area is 100 Å². The molecule has 0 aliphatic rings. The van der Waals surface area contributed by atoms with E-state index in [1.807, 2.05) is 10.8 Å². The zero-order valence-electron chi connectivity index (χ0n) is 8.96. The molecule has 0 bridgehead atoms. The van der Waals surface area contributed by atoms with Gasteiger partial charge in [0, 0.05) is 20.9 Å². The summed E-state index contributed by atoms with van der Waals surface area (Å²) >= 11 is 2.19. The summed E-state index contributed by atoms with van der Waals surface area (Å²) < 4.78 is 8.54. The normalized spacial score (nSPS) is 12.0. The Bertz CT molecular complexity index is 283. The van der Waals surface area contributed by atoms with Gasteiger partial charge in [-0.3, -0.25) is 0 Å². The number of hydrogen-bond acceptors (Lipinski definition) is 2. The van der Waals surface area contributed by atoms with E-state index in [2.05, 4.69) is 47.2 Å². The van der Waals surface area contributed by atoms with Crippen LogP contribution in [-0.2, 0) is 11.5 Å². The summed E-state index contributed by atoms with van der Waals surface area (Å²) in [5, 5.41) is 0. The van der Waals surface area contributed by atoms with Crippen LogP contribution in [0.3, 0.4) is 0 Å². The topological polar surface area (TPSA) is 27.1 Å². The molecule has 0 unspecified atom stereocenters. The summed E-state index contributed by atoms with van der Waals surface area (Å²) in [5.74, 6) is 0. The number of aromatic nitrogens is 2. The minimum absolute atomic E-state index is 0.625. The van der Waals surface area contributed by atoms with Gasteiger partial charge in [-0.2, -0.15) is 0 Å². The van der Waals surface area contributed by atoms with Gasteiger partial charge in [-0.1, -0.05) is 19.6 Å². The molecule has 14 heavy (non-hydrogen) atoms. The number of rotatable bonds is 5. The molecular weight excluding hydrogens is 307 g/mol. The Morgan fingerprint density at radius 2 is 2.21 bits per heavy atom. The van der Waals surface area contributed by atoms with Gasteiger partial charge in [-0.15, -0.1) is 0 Å². The SMILES string of the molecule is C[Si](C)(C)CCOCn1cnc(I)c1. The summed E-state index contributed by atoms with van der Waals surface area (Å²) in [6, 6.07) is 1.22. The molecule has 1 aromatic rings. The second kappa shape index (κ2) is 5.27. The monoisotopic (exact) mass is 324 g/mol. The Kier molecular flexibility index (Phi) is 4.59. The fourth-order valence-corrected chi connectivity index (χ4v) is 2.19. The zero-order chi connectivity index (χ0) is 10.6. The van der Waals surface area contributed by atoms with Crippen molar-refractivity contribution in [3.8, 4) is 0 Å². The van der Waals surface area contributed by atoms with E-state index < -0.39 is 8.07 Å². The Balaban J connectivity index is 2.16. The standard InChI is InChI=1S/C9H17IN2OSi/c1-14(2,3)5-4-13-8-12-6-9(10)11-7-12/h6-7H,4-5,8H2,1-3H3. The fourth-order valence-electron chi connectivity index (χ4n) is 0.952. The van der Waals surface area contributed by atoms with Gasteiger partial charge < -0.3 is 9.30 Å². The van der Waals surface area contributed by atoms with E-state index in [0.717, 1.165) is 10.3 Å². The van der Waals surface area contributed by atoms with Crippen molar-refractivity contribution in [1.29, 1.82) is 0 Å². The summed E-state index contributed by atoms with van der Waals surface area (Å²) in [5.41, 5.74) is 0. The molecule has 1 aromatic heterocycles. The van der Waals surface area contributed by atoms with Crippen LogP contribution in [0.15, 0.2) is 12.5 Å². The Morgan fingerprint density at radius 3 is 2.71 bits per heavy atom. The highest BCUT2D eigenvalue weighted by Crippen LogP contribution is 2.08. The van der Waals surface area contributed by atoms with Crippen molar-refractivity contribution in [1.82, 2.24) is 9.55 Å². The van der Waals surface area contributed by atoms with Crippen LogP contribution in [0, 0.1) is 3.70 Å². The molecule has 80 valence electrons. The van der Waals surface area contributed by atoms with Crippen molar-refractivity contribution >= 4 is 30.7 Å². The third kappa shape index (κ3) is 5.11. The first-order valence-electron chi connectivity index (χ1n) is 4.72. The summed E-state index contributed by atoms with van der Waals surface area (Å²) in [4.78, 5) is 4.12. The van der Waals surface area contributed by atoms with Crippen LogP contribution in [0.1, 0.15) is 0 Å². The number of imidazole rings is 1. The summed E-state index contributed by atoms with van der Waals surface area (Å²) in [6.07, 6.45) is 3.78. The van der Waals surface area contributed by atoms with Gasteiger partial charge in [0.15, 0.2) is 0 Å². The molecule has 3 nitrogen and oxygen atoms in total. The molecule has 0 N–H and O–H groups in total. The molecule has 0 atom stereocenters. The number of halogens is 1. The lowest BCUT2D eigenvalue weighted by Gasteiger charge is -2.15. The van der Waals surface area contributed by atoms with Crippen LogP contribution in [0.5, 0.6) is 0 Å². The van der Waals surface area contributed by atoms with Gasteiger partial charge in [-0.25, -0.2) is 4.98 Å². The predicted octanol–water partition coefficient (Wildman–Crippen LogP) is 2.80.